The summed E-state index contributed by atoms with van der Waals surface area (Å²) in [7, 11) is 0. The van der Waals surface area contributed by atoms with Gasteiger partial charge >= 0.3 is 29.6 Å². The van der Waals surface area contributed by atoms with Crippen molar-refractivity contribution in [3.05, 3.63) is 36.0 Å². The summed E-state index contributed by atoms with van der Waals surface area (Å²) in [4.78, 5) is 46.2. The molecular formula is C13H10N4NaO4S2+. The standard InChI is InChI=1S/C13H10N4O4S2.Na/c18-8-6(9(19)15-12(22)14-8)4-2-1-3-5-7-10(20)16-13(23)17-11(7)21;/h1-6H,(H2,14,15,18,19,22)(H2,16,17,20,21,23);/q;+1. The molecule has 11 heteroatoms. The zero-order chi connectivity index (χ0) is 17.0. The first-order valence-corrected chi connectivity index (χ1v) is 7.07. The normalized spacial score (nSPS) is 18.9. The predicted octanol–water partition coefficient (Wildman–Crippen LogP) is -4.29. The number of carbonyl (C=O) groups excluding carboxylic acids is 4. The van der Waals surface area contributed by atoms with Crippen molar-refractivity contribution < 1.29 is 48.7 Å². The third-order valence-corrected chi connectivity index (χ3v) is 3.18. The van der Waals surface area contributed by atoms with Gasteiger partial charge in [-0.15, -0.1) is 0 Å². The summed E-state index contributed by atoms with van der Waals surface area (Å²) in [6, 6.07) is 0. The van der Waals surface area contributed by atoms with E-state index in [1.807, 2.05) is 0 Å². The molecule has 0 aromatic heterocycles. The van der Waals surface area contributed by atoms with Crippen molar-refractivity contribution in [3.63, 3.8) is 0 Å². The van der Waals surface area contributed by atoms with Crippen molar-refractivity contribution in [3.8, 4) is 0 Å². The van der Waals surface area contributed by atoms with E-state index in [2.05, 4.69) is 45.7 Å². The molecule has 118 valence electrons. The van der Waals surface area contributed by atoms with E-state index in [1.54, 1.807) is 0 Å². The van der Waals surface area contributed by atoms with E-state index in [-0.39, 0.29) is 45.4 Å². The predicted molar refractivity (Wildman–Crippen MR) is 87.6 cm³/mol. The average Bonchev–Trinajstić information content (AvgIpc) is 2.42. The van der Waals surface area contributed by atoms with Crippen LogP contribution in [0.5, 0.6) is 0 Å². The number of allylic oxidation sites excluding steroid dienone is 4. The van der Waals surface area contributed by atoms with Gasteiger partial charge in [-0.3, -0.25) is 29.8 Å². The maximum atomic E-state index is 11.6. The summed E-state index contributed by atoms with van der Waals surface area (Å²) in [5.74, 6) is -3.26. The number of hydrogen-bond donors (Lipinski definition) is 4. The van der Waals surface area contributed by atoms with Crippen LogP contribution in [0, 0.1) is 5.92 Å². The van der Waals surface area contributed by atoms with Crippen molar-refractivity contribution in [1.82, 2.24) is 21.3 Å². The number of amides is 4. The van der Waals surface area contributed by atoms with Gasteiger partial charge < -0.3 is 10.6 Å². The summed E-state index contributed by atoms with van der Waals surface area (Å²) in [6.07, 6.45) is 6.97. The van der Waals surface area contributed by atoms with Crippen LogP contribution >= 0.6 is 24.4 Å². The molecule has 2 aliphatic rings. The topological polar surface area (TPSA) is 116 Å². The van der Waals surface area contributed by atoms with E-state index in [1.165, 1.54) is 30.4 Å². The minimum Gasteiger partial charge on any atom is -0.302 e. The smallest absolute Gasteiger partial charge is 0.302 e. The van der Waals surface area contributed by atoms with E-state index in [0.717, 1.165) is 0 Å². The van der Waals surface area contributed by atoms with Gasteiger partial charge in [-0.25, -0.2) is 0 Å². The molecule has 2 rings (SSSR count). The van der Waals surface area contributed by atoms with Crippen LogP contribution in [0.1, 0.15) is 0 Å². The quantitative estimate of drug-likeness (QED) is 0.0994. The second-order valence-electron chi connectivity index (χ2n) is 4.37. The van der Waals surface area contributed by atoms with Gasteiger partial charge in [0.05, 0.1) is 0 Å². The Kier molecular flexibility index (Phi) is 7.58. The summed E-state index contributed by atoms with van der Waals surface area (Å²) >= 11 is 9.34. The molecule has 8 nitrogen and oxygen atoms in total. The van der Waals surface area contributed by atoms with Gasteiger partial charge in [0, 0.05) is 0 Å². The number of nitrogens with one attached hydrogen (secondary N) is 4. The summed E-state index contributed by atoms with van der Waals surface area (Å²) in [5.41, 5.74) is -0.109. The molecule has 0 aliphatic carbocycles. The zero-order valence-corrected chi connectivity index (χ0v) is 16.0. The molecule has 0 aromatic rings. The Labute approximate surface area is 169 Å². The van der Waals surface area contributed by atoms with Crippen LogP contribution < -0.4 is 50.8 Å². The van der Waals surface area contributed by atoms with E-state index >= 15 is 0 Å². The Morgan fingerprint density at radius 3 is 1.79 bits per heavy atom. The van der Waals surface area contributed by atoms with Crippen LogP contribution in [0.15, 0.2) is 36.0 Å². The molecule has 0 unspecified atom stereocenters. The number of thiocarbonyl (C=S) groups is 2. The first-order chi connectivity index (χ1) is 10.9. The fourth-order valence-electron chi connectivity index (χ4n) is 1.72. The van der Waals surface area contributed by atoms with Gasteiger partial charge in [0.1, 0.15) is 11.5 Å². The van der Waals surface area contributed by atoms with Crippen molar-refractivity contribution >= 4 is 58.3 Å². The molecule has 4 amide bonds. The van der Waals surface area contributed by atoms with Crippen LogP contribution in [0.4, 0.5) is 0 Å². The van der Waals surface area contributed by atoms with Crippen molar-refractivity contribution in [2.24, 2.45) is 5.92 Å². The van der Waals surface area contributed by atoms with E-state index in [4.69, 9.17) is 0 Å². The monoisotopic (exact) mass is 373 g/mol. The fraction of sp³-hybridized carbons (Fsp3) is 0.0769. The number of rotatable bonds is 3. The van der Waals surface area contributed by atoms with Gasteiger partial charge in [-0.2, -0.15) is 0 Å². The number of hydrogen-bond acceptors (Lipinski definition) is 6. The molecule has 0 atom stereocenters. The van der Waals surface area contributed by atoms with E-state index < -0.39 is 29.5 Å². The summed E-state index contributed by atoms with van der Waals surface area (Å²) in [5, 5.41) is 9.15. The largest absolute Gasteiger partial charge is 1.00 e. The Morgan fingerprint density at radius 1 is 0.750 bits per heavy atom. The van der Waals surface area contributed by atoms with Gasteiger partial charge in [-0.1, -0.05) is 24.3 Å². The van der Waals surface area contributed by atoms with Crippen molar-refractivity contribution in [2.45, 2.75) is 0 Å². The Morgan fingerprint density at radius 2 is 1.25 bits per heavy atom. The van der Waals surface area contributed by atoms with Crippen LogP contribution in [-0.4, -0.2) is 33.9 Å². The Bertz CT molecular complexity index is 687. The Hall–Kier alpha value is -1.72. The molecule has 2 heterocycles. The average molecular weight is 373 g/mol. The molecule has 24 heavy (non-hydrogen) atoms. The molecule has 0 saturated carbocycles. The number of carbonyl (C=O) groups is 4. The SMILES string of the molecule is O=C1NC(=S)NC(=O)C1=CC=CC=CC1C(=O)NC(=S)NC1=O.[Na+]. The maximum Gasteiger partial charge on any atom is 1.00 e. The van der Waals surface area contributed by atoms with Gasteiger partial charge in [0.15, 0.2) is 10.2 Å². The molecule has 2 saturated heterocycles. The second-order valence-corrected chi connectivity index (χ2v) is 5.19. The minimum absolute atomic E-state index is 0. The third kappa shape index (κ3) is 5.14. The van der Waals surface area contributed by atoms with E-state index in [0.29, 0.717) is 0 Å². The molecule has 2 aliphatic heterocycles. The summed E-state index contributed by atoms with van der Waals surface area (Å²) < 4.78 is 0. The minimum atomic E-state index is -1.00. The molecule has 2 fully saturated rings. The second kappa shape index (κ2) is 8.94. The Balaban J connectivity index is 0.00000288. The van der Waals surface area contributed by atoms with Crippen LogP contribution in [-0.2, 0) is 19.2 Å². The zero-order valence-electron chi connectivity index (χ0n) is 12.4. The molecule has 0 aromatic carbocycles. The molecule has 4 N–H and O–H groups in total. The molecular weight excluding hydrogens is 363 g/mol. The van der Waals surface area contributed by atoms with Gasteiger partial charge in [0.2, 0.25) is 11.8 Å². The van der Waals surface area contributed by atoms with Crippen molar-refractivity contribution in [1.29, 1.82) is 0 Å². The third-order valence-electron chi connectivity index (χ3n) is 2.77. The molecule has 0 bridgehead atoms. The van der Waals surface area contributed by atoms with Crippen LogP contribution in [0.25, 0.3) is 0 Å². The van der Waals surface area contributed by atoms with Gasteiger partial charge in [0.25, 0.3) is 11.8 Å². The fourth-order valence-corrected chi connectivity index (χ4v) is 2.11. The van der Waals surface area contributed by atoms with Crippen molar-refractivity contribution in [2.75, 3.05) is 0 Å². The van der Waals surface area contributed by atoms with Crippen LogP contribution in [0.2, 0.25) is 0 Å². The maximum absolute atomic E-state index is 11.6. The first kappa shape index (κ1) is 20.3. The van der Waals surface area contributed by atoms with Crippen LogP contribution in [0.3, 0.4) is 0 Å². The first-order valence-electron chi connectivity index (χ1n) is 6.26. The molecule has 0 radical (unpaired) electrons. The summed E-state index contributed by atoms with van der Waals surface area (Å²) in [6.45, 7) is 0. The van der Waals surface area contributed by atoms with E-state index in [9.17, 15) is 19.2 Å². The van der Waals surface area contributed by atoms with Gasteiger partial charge in [-0.05, 0) is 30.5 Å². The molecule has 0 spiro atoms.